The van der Waals surface area contributed by atoms with Gasteiger partial charge in [0.2, 0.25) is 0 Å². The smallest absolute Gasteiger partial charge is 0.272 e. The minimum Gasteiger partial charge on any atom is -0.496 e. The van der Waals surface area contributed by atoms with E-state index in [1.165, 1.54) is 73.8 Å². The number of anilines is 1. The Kier molecular flexibility index (Phi) is 7.74. The Morgan fingerprint density at radius 3 is 2.26 bits per heavy atom. The van der Waals surface area contributed by atoms with Gasteiger partial charge < -0.3 is 15.4 Å². The highest BCUT2D eigenvalue weighted by atomic mass is 35.5. The van der Waals surface area contributed by atoms with Gasteiger partial charge in [0.15, 0.2) is 0 Å². The van der Waals surface area contributed by atoms with E-state index in [0.717, 1.165) is 6.07 Å². The molecule has 0 atom stereocenters. The Balaban J connectivity index is 1.99. The Morgan fingerprint density at radius 2 is 1.60 bits per heavy atom. The number of hydrogen-bond acceptors (Lipinski definition) is 7. The lowest BCUT2D eigenvalue weighted by atomic mass is 10.1. The summed E-state index contributed by atoms with van der Waals surface area (Å²) in [6.45, 7) is 0. The van der Waals surface area contributed by atoms with Crippen molar-refractivity contribution >= 4 is 46.6 Å². The van der Waals surface area contributed by atoms with E-state index >= 15 is 0 Å². The lowest BCUT2D eigenvalue weighted by Crippen LogP contribution is -2.31. The van der Waals surface area contributed by atoms with Crippen molar-refractivity contribution in [2.75, 3.05) is 12.4 Å². The maximum absolute atomic E-state index is 13.1. The van der Waals surface area contributed by atoms with Gasteiger partial charge in [-0.25, -0.2) is 0 Å². The summed E-state index contributed by atoms with van der Waals surface area (Å²) in [5.41, 5.74) is -0.373. The van der Waals surface area contributed by atoms with Crippen LogP contribution < -0.4 is 15.4 Å². The van der Waals surface area contributed by atoms with Gasteiger partial charge in [0.25, 0.3) is 23.2 Å². The van der Waals surface area contributed by atoms with Crippen LogP contribution in [0.4, 0.5) is 17.1 Å². The second-order valence-corrected chi connectivity index (χ2v) is 7.41. The summed E-state index contributed by atoms with van der Waals surface area (Å²) in [5.74, 6) is -1.37. The number of benzene rings is 3. The molecule has 0 unspecified atom stereocenters. The first-order valence-corrected chi connectivity index (χ1v) is 10.2. The van der Waals surface area contributed by atoms with E-state index in [9.17, 15) is 29.8 Å². The van der Waals surface area contributed by atoms with Crippen LogP contribution in [0, 0.1) is 20.2 Å². The first-order valence-electron chi connectivity index (χ1n) is 9.85. The fourth-order valence-electron chi connectivity index (χ4n) is 3.00. The lowest BCUT2D eigenvalue weighted by molar-refractivity contribution is -0.385. The maximum Gasteiger partial charge on any atom is 0.272 e. The van der Waals surface area contributed by atoms with E-state index in [4.69, 9.17) is 16.3 Å². The van der Waals surface area contributed by atoms with E-state index in [1.54, 1.807) is 0 Å². The zero-order valence-corrected chi connectivity index (χ0v) is 18.8. The van der Waals surface area contributed by atoms with Gasteiger partial charge in [-0.15, -0.1) is 0 Å². The van der Waals surface area contributed by atoms with Crippen LogP contribution in [0.1, 0.15) is 15.9 Å². The topological polar surface area (TPSA) is 154 Å². The monoisotopic (exact) mass is 496 g/mol. The summed E-state index contributed by atoms with van der Waals surface area (Å²) in [6.07, 6.45) is 1.23. The molecule has 3 rings (SSSR count). The highest BCUT2D eigenvalue weighted by Gasteiger charge is 2.19. The number of ether oxygens (including phenoxy) is 1. The fraction of sp³-hybridized carbons (Fsp3) is 0.0435. The Bertz CT molecular complexity index is 1360. The molecule has 0 saturated carbocycles. The highest BCUT2D eigenvalue weighted by Crippen LogP contribution is 2.24. The number of hydrogen-bond donors (Lipinski definition) is 2. The number of halogens is 1. The normalized spacial score (nSPS) is 10.9. The van der Waals surface area contributed by atoms with Crippen molar-refractivity contribution in [3.63, 3.8) is 0 Å². The van der Waals surface area contributed by atoms with Crippen molar-refractivity contribution in [3.8, 4) is 5.75 Å². The maximum atomic E-state index is 13.1. The Morgan fingerprint density at radius 1 is 0.943 bits per heavy atom. The van der Waals surface area contributed by atoms with Gasteiger partial charge in [-0.2, -0.15) is 0 Å². The zero-order chi connectivity index (χ0) is 25.5. The highest BCUT2D eigenvalue weighted by molar-refractivity contribution is 6.31. The molecule has 0 saturated heterocycles. The third-order valence-corrected chi connectivity index (χ3v) is 4.84. The molecular formula is C23H17ClN4O7. The summed E-state index contributed by atoms with van der Waals surface area (Å²) in [5, 5.41) is 27.3. The lowest BCUT2D eigenvalue weighted by Gasteiger charge is -2.13. The van der Waals surface area contributed by atoms with Gasteiger partial charge >= 0.3 is 0 Å². The number of non-ortho nitro benzene ring substituents is 2. The van der Waals surface area contributed by atoms with Crippen LogP contribution in [0.25, 0.3) is 6.08 Å². The van der Waals surface area contributed by atoms with Crippen LogP contribution >= 0.6 is 11.6 Å². The van der Waals surface area contributed by atoms with Gasteiger partial charge in [-0.3, -0.25) is 29.8 Å². The number of nitro benzene ring substituents is 2. The van der Waals surface area contributed by atoms with Crippen molar-refractivity contribution in [3.05, 3.63) is 109 Å². The number of nitrogens with zero attached hydrogens (tertiary/aromatic N) is 2. The minimum atomic E-state index is -0.827. The third-order valence-electron chi connectivity index (χ3n) is 4.61. The zero-order valence-electron chi connectivity index (χ0n) is 18.1. The average Bonchev–Trinajstić information content (AvgIpc) is 2.83. The molecule has 0 radical (unpaired) electrons. The molecule has 35 heavy (non-hydrogen) atoms. The molecule has 0 fully saturated rings. The van der Waals surface area contributed by atoms with Gasteiger partial charge in [0, 0.05) is 35.0 Å². The van der Waals surface area contributed by atoms with Crippen LogP contribution in [0.2, 0.25) is 5.02 Å². The summed E-state index contributed by atoms with van der Waals surface area (Å²) < 4.78 is 5.18. The van der Waals surface area contributed by atoms with Crippen LogP contribution in [0.15, 0.2) is 72.4 Å². The van der Waals surface area contributed by atoms with E-state index in [1.807, 2.05) is 0 Å². The molecule has 178 valence electrons. The number of amides is 2. The van der Waals surface area contributed by atoms with E-state index < -0.39 is 21.7 Å². The minimum absolute atomic E-state index is 0.0353. The predicted octanol–water partition coefficient (Wildman–Crippen LogP) is 4.57. The number of rotatable bonds is 8. The van der Waals surface area contributed by atoms with E-state index in [0.29, 0.717) is 0 Å². The van der Waals surface area contributed by atoms with Crippen molar-refractivity contribution < 1.29 is 24.2 Å². The predicted molar refractivity (Wildman–Crippen MR) is 128 cm³/mol. The fourth-order valence-corrected chi connectivity index (χ4v) is 3.17. The molecule has 12 heteroatoms. The Labute approximate surface area is 203 Å². The first-order chi connectivity index (χ1) is 16.7. The van der Waals surface area contributed by atoms with Gasteiger partial charge in [0.05, 0.1) is 22.5 Å². The SMILES string of the molecule is COc1ccc(Cl)cc1C(=O)N/C(=C\c1cccc([N+](=O)[O-])c1)C(=O)Nc1cccc([N+](=O)[O-])c1. The molecule has 0 aliphatic carbocycles. The van der Waals surface area contributed by atoms with Crippen LogP contribution in [0.5, 0.6) is 5.75 Å². The molecule has 11 nitrogen and oxygen atoms in total. The standard InChI is InChI=1S/C23H17ClN4O7/c1-35-21-9-8-15(24)12-19(21)22(29)26-20(11-14-4-2-6-17(10-14)27(31)32)23(30)25-16-5-3-7-18(13-16)28(33)34/h2-13H,1H3,(H,25,30)(H,26,29)/b20-11-. The van der Waals surface area contributed by atoms with Gasteiger partial charge in [0.1, 0.15) is 11.4 Å². The first kappa shape index (κ1) is 24.9. The van der Waals surface area contributed by atoms with Crippen LogP contribution in [0.3, 0.4) is 0 Å². The molecule has 0 aromatic heterocycles. The quantitative estimate of drug-likeness (QED) is 0.263. The number of carbonyl (C=O) groups excluding carboxylic acids is 2. The molecule has 0 spiro atoms. The van der Waals surface area contributed by atoms with Gasteiger partial charge in [-0.1, -0.05) is 29.8 Å². The molecule has 0 aliphatic heterocycles. The average molecular weight is 497 g/mol. The van der Waals surface area contributed by atoms with E-state index in [-0.39, 0.29) is 44.7 Å². The molecule has 0 bridgehead atoms. The second kappa shape index (κ2) is 10.9. The van der Waals surface area contributed by atoms with Crippen molar-refractivity contribution in [2.24, 2.45) is 0 Å². The molecule has 2 amide bonds. The molecule has 3 aromatic rings. The van der Waals surface area contributed by atoms with Gasteiger partial charge in [-0.05, 0) is 35.9 Å². The van der Waals surface area contributed by atoms with Crippen molar-refractivity contribution in [1.82, 2.24) is 5.32 Å². The summed E-state index contributed by atoms with van der Waals surface area (Å²) in [7, 11) is 1.36. The molecule has 2 N–H and O–H groups in total. The van der Waals surface area contributed by atoms with Crippen molar-refractivity contribution in [1.29, 1.82) is 0 Å². The molecule has 0 aliphatic rings. The number of nitro groups is 2. The number of carbonyl (C=O) groups is 2. The largest absolute Gasteiger partial charge is 0.496 e. The van der Waals surface area contributed by atoms with E-state index in [2.05, 4.69) is 10.6 Å². The summed E-state index contributed by atoms with van der Waals surface area (Å²) in [6, 6.07) is 15.0. The molecular weight excluding hydrogens is 480 g/mol. The summed E-state index contributed by atoms with van der Waals surface area (Å²) in [4.78, 5) is 47.0. The number of methoxy groups -OCH3 is 1. The summed E-state index contributed by atoms with van der Waals surface area (Å²) >= 11 is 5.99. The second-order valence-electron chi connectivity index (χ2n) is 6.97. The number of nitrogens with one attached hydrogen (secondary N) is 2. The third kappa shape index (κ3) is 6.39. The van der Waals surface area contributed by atoms with Crippen molar-refractivity contribution in [2.45, 2.75) is 0 Å². The van der Waals surface area contributed by atoms with Crippen LogP contribution in [-0.2, 0) is 4.79 Å². The Hall–Kier alpha value is -4.77. The molecule has 0 heterocycles. The van der Waals surface area contributed by atoms with Crippen LogP contribution in [-0.4, -0.2) is 28.8 Å². The molecule has 3 aromatic carbocycles.